The normalized spacial score (nSPS) is 10.3. The van der Waals surface area contributed by atoms with Crippen molar-refractivity contribution in [1.82, 2.24) is 0 Å². The van der Waals surface area contributed by atoms with E-state index in [9.17, 15) is 5.11 Å². The number of phenols is 1. The van der Waals surface area contributed by atoms with Gasteiger partial charge in [0, 0.05) is 15.4 Å². The smallest absolute Gasteiger partial charge is 0.123 e. The van der Waals surface area contributed by atoms with Gasteiger partial charge in [-0.3, -0.25) is 0 Å². The first-order valence-corrected chi connectivity index (χ1v) is 7.35. The lowest BCUT2D eigenvalue weighted by Crippen LogP contribution is -1.97. The molecule has 0 saturated heterocycles. The van der Waals surface area contributed by atoms with Crippen LogP contribution >= 0.6 is 31.9 Å². The number of phenolic OH excluding ortho intramolecular Hbond substituents is 1. The van der Waals surface area contributed by atoms with E-state index in [4.69, 9.17) is 4.74 Å². The summed E-state index contributed by atoms with van der Waals surface area (Å²) in [5.41, 5.74) is 2.03. The SMILES string of the molecule is Oc1cccc(COc2ccc(Br)cc2CBr)c1. The third-order valence-electron chi connectivity index (χ3n) is 2.47. The van der Waals surface area contributed by atoms with E-state index in [-0.39, 0.29) is 5.75 Å². The fraction of sp³-hybridized carbons (Fsp3) is 0.143. The molecule has 0 atom stereocenters. The molecule has 1 N–H and O–H groups in total. The van der Waals surface area contributed by atoms with Crippen LogP contribution in [0.25, 0.3) is 0 Å². The van der Waals surface area contributed by atoms with Gasteiger partial charge in [-0.15, -0.1) is 0 Å². The topological polar surface area (TPSA) is 29.5 Å². The van der Waals surface area contributed by atoms with Gasteiger partial charge in [-0.05, 0) is 35.9 Å². The highest BCUT2D eigenvalue weighted by Crippen LogP contribution is 2.26. The summed E-state index contributed by atoms with van der Waals surface area (Å²) in [5, 5.41) is 10.1. The zero-order chi connectivity index (χ0) is 13.0. The monoisotopic (exact) mass is 370 g/mol. The molecule has 2 aromatic carbocycles. The van der Waals surface area contributed by atoms with E-state index >= 15 is 0 Å². The molecule has 0 saturated carbocycles. The van der Waals surface area contributed by atoms with E-state index < -0.39 is 0 Å². The summed E-state index contributed by atoms with van der Waals surface area (Å²) in [4.78, 5) is 0. The predicted molar refractivity (Wildman–Crippen MR) is 79.2 cm³/mol. The zero-order valence-electron chi connectivity index (χ0n) is 9.57. The number of halogens is 2. The van der Waals surface area contributed by atoms with Gasteiger partial charge in [-0.25, -0.2) is 0 Å². The van der Waals surface area contributed by atoms with Gasteiger partial charge in [-0.1, -0.05) is 44.0 Å². The van der Waals surface area contributed by atoms with Crippen LogP contribution in [0.2, 0.25) is 0 Å². The largest absolute Gasteiger partial charge is 0.508 e. The molecule has 0 amide bonds. The summed E-state index contributed by atoms with van der Waals surface area (Å²) < 4.78 is 6.79. The van der Waals surface area contributed by atoms with E-state index in [1.165, 1.54) is 0 Å². The minimum Gasteiger partial charge on any atom is -0.508 e. The van der Waals surface area contributed by atoms with Gasteiger partial charge in [0.15, 0.2) is 0 Å². The second-order valence-corrected chi connectivity index (χ2v) is 5.32. The fourth-order valence-electron chi connectivity index (χ4n) is 1.60. The molecule has 18 heavy (non-hydrogen) atoms. The molecule has 2 aromatic rings. The maximum Gasteiger partial charge on any atom is 0.123 e. The Hall–Kier alpha value is -1.000. The Morgan fingerprint density at radius 1 is 1.11 bits per heavy atom. The zero-order valence-corrected chi connectivity index (χ0v) is 12.7. The van der Waals surface area contributed by atoms with Crippen molar-refractivity contribution in [2.75, 3.05) is 0 Å². The summed E-state index contributed by atoms with van der Waals surface area (Å²) >= 11 is 6.87. The van der Waals surface area contributed by atoms with Crippen molar-refractivity contribution in [3.63, 3.8) is 0 Å². The number of rotatable bonds is 4. The van der Waals surface area contributed by atoms with Crippen LogP contribution in [-0.4, -0.2) is 5.11 Å². The first-order valence-electron chi connectivity index (χ1n) is 5.44. The minimum absolute atomic E-state index is 0.257. The van der Waals surface area contributed by atoms with Crippen LogP contribution in [0, 0.1) is 0 Å². The van der Waals surface area contributed by atoms with Gasteiger partial charge in [0.1, 0.15) is 18.1 Å². The van der Waals surface area contributed by atoms with Crippen LogP contribution in [0.4, 0.5) is 0 Å². The van der Waals surface area contributed by atoms with Crippen LogP contribution in [-0.2, 0) is 11.9 Å². The molecule has 94 valence electrons. The quantitative estimate of drug-likeness (QED) is 0.794. The number of hydrogen-bond acceptors (Lipinski definition) is 2. The summed E-state index contributed by atoms with van der Waals surface area (Å²) in [6.45, 7) is 0.441. The number of hydrogen-bond donors (Lipinski definition) is 1. The van der Waals surface area contributed by atoms with Crippen molar-refractivity contribution in [2.45, 2.75) is 11.9 Å². The van der Waals surface area contributed by atoms with Crippen molar-refractivity contribution in [2.24, 2.45) is 0 Å². The van der Waals surface area contributed by atoms with E-state index in [1.807, 2.05) is 24.3 Å². The highest BCUT2D eigenvalue weighted by Gasteiger charge is 2.04. The van der Waals surface area contributed by atoms with Gasteiger partial charge in [-0.2, -0.15) is 0 Å². The summed E-state index contributed by atoms with van der Waals surface area (Å²) in [6.07, 6.45) is 0. The van der Waals surface area contributed by atoms with Crippen molar-refractivity contribution >= 4 is 31.9 Å². The number of alkyl halides is 1. The molecule has 0 aliphatic heterocycles. The molecule has 0 aliphatic rings. The second-order valence-electron chi connectivity index (χ2n) is 3.84. The molecule has 2 nitrogen and oxygen atoms in total. The molecular weight excluding hydrogens is 360 g/mol. The predicted octanol–water partition coefficient (Wildman–Crippen LogP) is 4.63. The molecule has 4 heteroatoms. The molecule has 0 radical (unpaired) electrons. The van der Waals surface area contributed by atoms with Gasteiger partial charge >= 0.3 is 0 Å². The van der Waals surface area contributed by atoms with Crippen LogP contribution in [0.5, 0.6) is 11.5 Å². The molecule has 2 rings (SSSR count). The number of benzene rings is 2. The van der Waals surface area contributed by atoms with Gasteiger partial charge in [0.05, 0.1) is 0 Å². The van der Waals surface area contributed by atoms with Crippen LogP contribution in [0.15, 0.2) is 46.9 Å². The lowest BCUT2D eigenvalue weighted by molar-refractivity contribution is 0.303. The van der Waals surface area contributed by atoms with Crippen molar-refractivity contribution in [3.8, 4) is 11.5 Å². The highest BCUT2D eigenvalue weighted by atomic mass is 79.9. The Balaban J connectivity index is 2.10. The molecular formula is C14H12Br2O2. The molecule has 0 fully saturated rings. The molecule has 0 bridgehead atoms. The van der Waals surface area contributed by atoms with Crippen molar-refractivity contribution in [3.05, 3.63) is 58.1 Å². The molecule has 0 heterocycles. The highest BCUT2D eigenvalue weighted by molar-refractivity contribution is 9.10. The van der Waals surface area contributed by atoms with Crippen LogP contribution < -0.4 is 4.74 Å². The van der Waals surface area contributed by atoms with E-state index in [2.05, 4.69) is 31.9 Å². The Labute approximate surface area is 123 Å². The lowest BCUT2D eigenvalue weighted by Gasteiger charge is -2.10. The van der Waals surface area contributed by atoms with E-state index in [0.717, 1.165) is 26.7 Å². The van der Waals surface area contributed by atoms with Crippen molar-refractivity contribution in [1.29, 1.82) is 0 Å². The minimum atomic E-state index is 0.257. The average molecular weight is 372 g/mol. The number of ether oxygens (including phenoxy) is 1. The number of aromatic hydroxyl groups is 1. The Bertz CT molecular complexity index is 541. The third kappa shape index (κ3) is 3.50. The molecule has 0 spiro atoms. The first kappa shape index (κ1) is 13.4. The maximum absolute atomic E-state index is 9.38. The molecule has 0 aromatic heterocycles. The maximum atomic E-state index is 9.38. The third-order valence-corrected chi connectivity index (χ3v) is 3.57. The van der Waals surface area contributed by atoms with E-state index in [0.29, 0.717) is 6.61 Å². The van der Waals surface area contributed by atoms with Crippen LogP contribution in [0.1, 0.15) is 11.1 Å². The van der Waals surface area contributed by atoms with Crippen molar-refractivity contribution < 1.29 is 9.84 Å². The molecule has 0 aliphatic carbocycles. The Morgan fingerprint density at radius 2 is 1.94 bits per heavy atom. The second kappa shape index (κ2) is 6.25. The van der Waals surface area contributed by atoms with Gasteiger partial charge < -0.3 is 9.84 Å². The van der Waals surface area contributed by atoms with Crippen LogP contribution in [0.3, 0.4) is 0 Å². The van der Waals surface area contributed by atoms with Gasteiger partial charge in [0.25, 0.3) is 0 Å². The van der Waals surface area contributed by atoms with E-state index in [1.54, 1.807) is 18.2 Å². The summed E-state index contributed by atoms with van der Waals surface area (Å²) in [6, 6.07) is 13.0. The Kier molecular flexibility index (Phi) is 4.66. The molecule has 0 unspecified atom stereocenters. The first-order chi connectivity index (χ1) is 8.69. The lowest BCUT2D eigenvalue weighted by atomic mass is 10.2. The fourth-order valence-corrected chi connectivity index (χ4v) is 2.45. The summed E-state index contributed by atoms with van der Waals surface area (Å²) in [7, 11) is 0. The summed E-state index contributed by atoms with van der Waals surface area (Å²) in [5.74, 6) is 1.10. The Morgan fingerprint density at radius 3 is 2.67 bits per heavy atom. The average Bonchev–Trinajstić information content (AvgIpc) is 2.37. The standard InChI is InChI=1S/C14H12Br2O2/c15-8-11-7-12(16)4-5-14(11)18-9-10-2-1-3-13(17)6-10/h1-7,17H,8-9H2. The van der Waals surface area contributed by atoms with Gasteiger partial charge in [0.2, 0.25) is 0 Å².